The van der Waals surface area contributed by atoms with E-state index in [0.29, 0.717) is 11.3 Å². The number of benzene rings is 2. The molecule has 0 aliphatic rings. The van der Waals surface area contributed by atoms with Crippen LogP contribution < -0.4 is 10.1 Å². The van der Waals surface area contributed by atoms with Crippen molar-refractivity contribution in [3.05, 3.63) is 62.1 Å². The van der Waals surface area contributed by atoms with Crippen molar-refractivity contribution in [2.24, 2.45) is 0 Å². The van der Waals surface area contributed by atoms with Crippen LogP contribution in [-0.4, -0.2) is 12.5 Å². The molecule has 0 spiro atoms. The summed E-state index contributed by atoms with van der Waals surface area (Å²) in [5.41, 5.74) is 0.870. The summed E-state index contributed by atoms with van der Waals surface area (Å²) in [6.07, 6.45) is 1.36. The highest BCUT2D eigenvalue weighted by molar-refractivity contribution is 9.10. The molecule has 5 nitrogen and oxygen atoms in total. The first kappa shape index (κ1) is 19.8. The first-order valence-corrected chi connectivity index (χ1v) is 8.67. The molecule has 0 bridgehead atoms. The number of carbonyl (C=O) groups is 1. The molecule has 2 aromatic rings. The minimum atomic E-state index is -0.567. The van der Waals surface area contributed by atoms with Gasteiger partial charge in [-0.2, -0.15) is 10.5 Å². The number of halogens is 3. The summed E-state index contributed by atoms with van der Waals surface area (Å²) in [6, 6.07) is 13.6. The quantitative estimate of drug-likeness (QED) is 0.500. The van der Waals surface area contributed by atoms with Crippen LogP contribution in [0.25, 0.3) is 6.08 Å². The first-order valence-electron chi connectivity index (χ1n) is 7.12. The van der Waals surface area contributed by atoms with Gasteiger partial charge in [0.2, 0.25) is 0 Å². The Labute approximate surface area is 168 Å². The number of amides is 1. The van der Waals surface area contributed by atoms with E-state index in [1.54, 1.807) is 18.2 Å². The topological polar surface area (TPSA) is 85.9 Å². The van der Waals surface area contributed by atoms with Crippen LogP contribution in [-0.2, 0) is 4.79 Å². The number of hydrogen-bond acceptors (Lipinski definition) is 4. The summed E-state index contributed by atoms with van der Waals surface area (Å²) in [5, 5.41) is 20.8. The molecule has 0 saturated heterocycles. The zero-order chi connectivity index (χ0) is 19.1. The molecule has 130 valence electrons. The maximum atomic E-state index is 12.3. The molecule has 0 aliphatic heterocycles. The van der Waals surface area contributed by atoms with Gasteiger partial charge in [0, 0.05) is 10.2 Å². The highest BCUT2D eigenvalue weighted by Crippen LogP contribution is 2.34. The lowest BCUT2D eigenvalue weighted by Crippen LogP contribution is -2.13. The van der Waals surface area contributed by atoms with Gasteiger partial charge in [-0.05, 0) is 42.0 Å². The average molecular weight is 451 g/mol. The van der Waals surface area contributed by atoms with Crippen molar-refractivity contribution in [1.29, 1.82) is 10.5 Å². The molecule has 2 rings (SSSR count). The minimum absolute atomic E-state index is 0.122. The smallest absolute Gasteiger partial charge is 0.266 e. The van der Waals surface area contributed by atoms with Gasteiger partial charge in [-0.25, -0.2) is 0 Å². The molecular weight excluding hydrogens is 441 g/mol. The lowest BCUT2D eigenvalue weighted by molar-refractivity contribution is -0.112. The fourth-order valence-corrected chi connectivity index (χ4v) is 3.00. The largest absolute Gasteiger partial charge is 0.476 e. The Morgan fingerprint density at radius 3 is 2.50 bits per heavy atom. The van der Waals surface area contributed by atoms with Gasteiger partial charge in [0.05, 0.1) is 10.0 Å². The van der Waals surface area contributed by atoms with Gasteiger partial charge in [-0.3, -0.25) is 4.79 Å². The fourth-order valence-electron chi connectivity index (χ4n) is 1.99. The molecule has 0 saturated carbocycles. The van der Waals surface area contributed by atoms with Gasteiger partial charge in [0.15, 0.2) is 12.4 Å². The van der Waals surface area contributed by atoms with Crippen molar-refractivity contribution < 1.29 is 9.53 Å². The third-order valence-corrected chi connectivity index (χ3v) is 4.11. The number of rotatable bonds is 5. The highest BCUT2D eigenvalue weighted by atomic mass is 79.9. The normalized spacial score (nSPS) is 10.6. The lowest BCUT2D eigenvalue weighted by atomic mass is 10.1. The third kappa shape index (κ3) is 5.24. The number of carbonyl (C=O) groups excluding carboxylic acids is 1. The Kier molecular flexibility index (Phi) is 7.06. The van der Waals surface area contributed by atoms with E-state index < -0.39 is 5.91 Å². The highest BCUT2D eigenvalue weighted by Gasteiger charge is 2.13. The summed E-state index contributed by atoms with van der Waals surface area (Å²) in [5.74, 6) is -0.396. The number of nitrogens with zero attached hydrogens (tertiary/aromatic N) is 2. The predicted octanol–water partition coefficient (Wildman–Crippen LogP) is 5.20. The summed E-state index contributed by atoms with van der Waals surface area (Å²) in [7, 11) is 0. The molecule has 2 aromatic carbocycles. The van der Waals surface area contributed by atoms with E-state index in [9.17, 15) is 10.1 Å². The molecule has 0 unspecified atom stereocenters. The second-order valence-electron chi connectivity index (χ2n) is 4.89. The molecule has 0 radical (unpaired) electrons. The van der Waals surface area contributed by atoms with Crippen molar-refractivity contribution in [2.45, 2.75) is 0 Å². The van der Waals surface area contributed by atoms with Gasteiger partial charge in [0.25, 0.3) is 5.91 Å². The third-order valence-electron chi connectivity index (χ3n) is 3.06. The minimum Gasteiger partial charge on any atom is -0.476 e. The molecule has 1 amide bonds. The Morgan fingerprint density at radius 2 is 1.92 bits per heavy atom. The number of hydrogen-bond donors (Lipinski definition) is 1. The zero-order valence-electron chi connectivity index (χ0n) is 13.1. The van der Waals surface area contributed by atoms with Crippen LogP contribution in [0.3, 0.4) is 0 Å². The number of anilines is 1. The zero-order valence-corrected chi connectivity index (χ0v) is 16.2. The Bertz CT molecular complexity index is 939. The molecule has 26 heavy (non-hydrogen) atoms. The number of nitrogens with one attached hydrogen (secondary N) is 1. The van der Waals surface area contributed by atoms with E-state index in [1.165, 1.54) is 18.2 Å². The molecule has 0 aromatic heterocycles. The summed E-state index contributed by atoms with van der Waals surface area (Å²) >= 11 is 15.5. The summed E-state index contributed by atoms with van der Waals surface area (Å²) in [4.78, 5) is 12.3. The van der Waals surface area contributed by atoms with Crippen LogP contribution in [0, 0.1) is 22.7 Å². The van der Waals surface area contributed by atoms with E-state index >= 15 is 0 Å². The monoisotopic (exact) mass is 449 g/mol. The van der Waals surface area contributed by atoms with E-state index in [-0.39, 0.29) is 28.0 Å². The fraction of sp³-hybridized carbons (Fsp3) is 0.0556. The predicted molar refractivity (Wildman–Crippen MR) is 104 cm³/mol. The van der Waals surface area contributed by atoms with E-state index in [1.807, 2.05) is 18.2 Å². The second kappa shape index (κ2) is 9.26. The average Bonchev–Trinajstić information content (AvgIpc) is 2.59. The van der Waals surface area contributed by atoms with E-state index in [2.05, 4.69) is 21.2 Å². The second-order valence-corrected chi connectivity index (χ2v) is 6.62. The van der Waals surface area contributed by atoms with Crippen molar-refractivity contribution >= 4 is 56.8 Å². The molecule has 0 fully saturated rings. The van der Waals surface area contributed by atoms with Crippen LogP contribution in [0.4, 0.5) is 5.69 Å². The lowest BCUT2D eigenvalue weighted by Gasteiger charge is -2.08. The van der Waals surface area contributed by atoms with Crippen molar-refractivity contribution in [1.82, 2.24) is 0 Å². The van der Waals surface area contributed by atoms with Crippen LogP contribution in [0.15, 0.2) is 46.4 Å². The Balaban J connectivity index is 2.27. The number of nitriles is 2. The van der Waals surface area contributed by atoms with Gasteiger partial charge in [0.1, 0.15) is 17.7 Å². The Morgan fingerprint density at radius 1 is 1.23 bits per heavy atom. The van der Waals surface area contributed by atoms with Crippen molar-refractivity contribution in [3.8, 4) is 17.9 Å². The Hall–Kier alpha value is -2.51. The number of ether oxygens (including phenoxy) is 1. The van der Waals surface area contributed by atoms with Crippen LogP contribution in [0.5, 0.6) is 5.75 Å². The van der Waals surface area contributed by atoms with Crippen molar-refractivity contribution in [2.75, 3.05) is 11.9 Å². The summed E-state index contributed by atoms with van der Waals surface area (Å²) < 4.78 is 5.94. The van der Waals surface area contributed by atoms with Crippen molar-refractivity contribution in [3.63, 3.8) is 0 Å². The molecule has 8 heteroatoms. The standard InChI is InChI=1S/C18H10BrCl2N3O2/c19-13-2-1-3-14(9-13)24-18(25)12(10-23)6-11-7-15(20)17(16(21)8-11)26-5-4-22/h1-3,6-9H,5H2,(H,24,25)/b12-6-. The maximum absolute atomic E-state index is 12.3. The molecule has 0 aliphatic carbocycles. The van der Waals surface area contributed by atoms with E-state index in [0.717, 1.165) is 4.47 Å². The van der Waals surface area contributed by atoms with Crippen LogP contribution in [0.1, 0.15) is 5.56 Å². The SMILES string of the molecule is N#CCOc1c(Cl)cc(/C=C(/C#N)C(=O)Nc2cccc(Br)c2)cc1Cl. The van der Waals surface area contributed by atoms with Crippen LogP contribution >= 0.6 is 39.1 Å². The van der Waals surface area contributed by atoms with Gasteiger partial charge in [-0.15, -0.1) is 0 Å². The maximum Gasteiger partial charge on any atom is 0.266 e. The van der Waals surface area contributed by atoms with Gasteiger partial charge >= 0.3 is 0 Å². The van der Waals surface area contributed by atoms with Gasteiger partial charge in [-0.1, -0.05) is 45.2 Å². The van der Waals surface area contributed by atoms with Gasteiger partial charge < -0.3 is 10.1 Å². The molecule has 0 heterocycles. The molecule has 0 atom stereocenters. The molecular formula is C18H10BrCl2N3O2. The molecule has 1 N–H and O–H groups in total. The van der Waals surface area contributed by atoms with Crippen LogP contribution in [0.2, 0.25) is 10.0 Å². The summed E-state index contributed by atoms with van der Waals surface area (Å²) in [6.45, 7) is -0.201. The first-order chi connectivity index (χ1) is 12.4. The van der Waals surface area contributed by atoms with E-state index in [4.69, 9.17) is 33.2 Å².